The number of rotatable bonds is 18. The zero-order chi connectivity index (χ0) is 29.7. The molecule has 9 nitrogen and oxygen atoms in total. The first-order valence-corrected chi connectivity index (χ1v) is 16.5. The van der Waals surface area contributed by atoms with Crippen molar-refractivity contribution >= 4 is 20.2 Å². The Morgan fingerprint density at radius 3 is 1.46 bits per heavy atom. The third-order valence-electron chi connectivity index (χ3n) is 5.79. The SMILES string of the molecule is C=C[C@H](OS(C)(=O)=O)[C@@H](OCc1ccccc1)[C@H](OCc1ccccc1)[C@H](COCc1ccccc1)OS(C)(=O)=O. The van der Waals surface area contributed by atoms with E-state index in [-0.39, 0.29) is 26.4 Å². The normalized spacial score (nSPS) is 15.1. The van der Waals surface area contributed by atoms with Gasteiger partial charge < -0.3 is 14.2 Å². The van der Waals surface area contributed by atoms with Crippen LogP contribution < -0.4 is 0 Å². The second-order valence-electron chi connectivity index (χ2n) is 9.36. The molecule has 3 aromatic rings. The van der Waals surface area contributed by atoms with E-state index < -0.39 is 44.7 Å². The molecule has 0 saturated heterocycles. The Balaban J connectivity index is 1.98. The summed E-state index contributed by atoms with van der Waals surface area (Å²) < 4.78 is 78.4. The molecule has 41 heavy (non-hydrogen) atoms. The molecule has 11 heteroatoms. The lowest BCUT2D eigenvalue weighted by atomic mass is 10.0. The number of hydrogen-bond donors (Lipinski definition) is 0. The second kappa shape index (κ2) is 15.9. The van der Waals surface area contributed by atoms with Crippen LogP contribution in [0.1, 0.15) is 16.7 Å². The lowest BCUT2D eigenvalue weighted by Gasteiger charge is -2.35. The van der Waals surface area contributed by atoms with Crippen LogP contribution in [0.4, 0.5) is 0 Å². The fourth-order valence-corrected chi connectivity index (χ4v) is 5.23. The van der Waals surface area contributed by atoms with Crippen LogP contribution in [-0.4, -0.2) is 60.4 Å². The van der Waals surface area contributed by atoms with Crippen LogP contribution >= 0.6 is 0 Å². The van der Waals surface area contributed by atoms with Crippen molar-refractivity contribution in [2.45, 2.75) is 44.2 Å². The molecule has 0 aliphatic heterocycles. The lowest BCUT2D eigenvalue weighted by Crippen LogP contribution is -2.51. The quantitative estimate of drug-likeness (QED) is 0.155. The van der Waals surface area contributed by atoms with E-state index in [2.05, 4.69) is 6.58 Å². The molecular formula is C30H36O9S2. The van der Waals surface area contributed by atoms with E-state index in [1.165, 1.54) is 6.08 Å². The zero-order valence-corrected chi connectivity index (χ0v) is 24.7. The summed E-state index contributed by atoms with van der Waals surface area (Å²) in [6, 6.07) is 27.7. The summed E-state index contributed by atoms with van der Waals surface area (Å²) >= 11 is 0. The van der Waals surface area contributed by atoms with Crippen molar-refractivity contribution < 1.29 is 39.4 Å². The molecule has 0 aromatic heterocycles. The summed E-state index contributed by atoms with van der Waals surface area (Å²) in [5.74, 6) is 0. The van der Waals surface area contributed by atoms with Crippen molar-refractivity contribution in [1.82, 2.24) is 0 Å². The molecule has 3 rings (SSSR count). The minimum absolute atomic E-state index is 0.0434. The first-order chi connectivity index (χ1) is 19.5. The summed E-state index contributed by atoms with van der Waals surface area (Å²) in [5.41, 5.74) is 2.46. The van der Waals surface area contributed by atoms with Gasteiger partial charge in [-0.05, 0) is 16.7 Å². The van der Waals surface area contributed by atoms with Crippen LogP contribution in [0.15, 0.2) is 104 Å². The van der Waals surface area contributed by atoms with Crippen molar-refractivity contribution in [3.8, 4) is 0 Å². The van der Waals surface area contributed by atoms with Crippen LogP contribution in [0.3, 0.4) is 0 Å². The van der Waals surface area contributed by atoms with Gasteiger partial charge in [0.2, 0.25) is 0 Å². The highest BCUT2D eigenvalue weighted by atomic mass is 32.2. The Kier molecular flexibility index (Phi) is 12.7. The van der Waals surface area contributed by atoms with Gasteiger partial charge in [-0.3, -0.25) is 8.37 Å². The monoisotopic (exact) mass is 604 g/mol. The molecule has 0 unspecified atom stereocenters. The first kappa shape index (κ1) is 32.6. The fraction of sp³-hybridized carbons (Fsp3) is 0.333. The van der Waals surface area contributed by atoms with Gasteiger partial charge in [-0.25, -0.2) is 0 Å². The molecule has 0 fully saturated rings. The summed E-state index contributed by atoms with van der Waals surface area (Å²) in [7, 11) is -7.99. The molecule has 0 heterocycles. The van der Waals surface area contributed by atoms with E-state index >= 15 is 0 Å². The zero-order valence-electron chi connectivity index (χ0n) is 23.1. The van der Waals surface area contributed by atoms with Crippen LogP contribution in [0.2, 0.25) is 0 Å². The highest BCUT2D eigenvalue weighted by molar-refractivity contribution is 7.86. The smallest absolute Gasteiger partial charge is 0.265 e. The minimum atomic E-state index is -4.01. The Morgan fingerprint density at radius 1 is 0.634 bits per heavy atom. The molecule has 222 valence electrons. The number of benzene rings is 3. The van der Waals surface area contributed by atoms with E-state index in [0.29, 0.717) is 0 Å². The number of ether oxygens (including phenoxy) is 3. The van der Waals surface area contributed by atoms with Gasteiger partial charge in [-0.1, -0.05) is 97.1 Å². The van der Waals surface area contributed by atoms with E-state index in [0.717, 1.165) is 29.2 Å². The molecule has 0 bridgehead atoms. The topological polar surface area (TPSA) is 114 Å². The first-order valence-electron chi connectivity index (χ1n) is 12.9. The van der Waals surface area contributed by atoms with Crippen molar-refractivity contribution in [3.63, 3.8) is 0 Å². The van der Waals surface area contributed by atoms with Crippen molar-refractivity contribution in [2.24, 2.45) is 0 Å². The average Bonchev–Trinajstić information content (AvgIpc) is 2.94. The number of hydrogen-bond acceptors (Lipinski definition) is 9. The van der Waals surface area contributed by atoms with E-state index in [1.807, 2.05) is 91.0 Å². The fourth-order valence-electron chi connectivity index (χ4n) is 4.02. The van der Waals surface area contributed by atoms with E-state index in [1.54, 1.807) is 0 Å². The highest BCUT2D eigenvalue weighted by Crippen LogP contribution is 2.24. The summed E-state index contributed by atoms with van der Waals surface area (Å²) in [4.78, 5) is 0. The average molecular weight is 605 g/mol. The Bertz CT molecular complexity index is 1400. The molecule has 0 radical (unpaired) electrons. The molecule has 0 spiro atoms. The lowest BCUT2D eigenvalue weighted by molar-refractivity contribution is -0.158. The molecule has 0 aliphatic rings. The van der Waals surface area contributed by atoms with Gasteiger partial charge in [0.1, 0.15) is 24.4 Å². The van der Waals surface area contributed by atoms with E-state index in [4.69, 9.17) is 22.6 Å². The summed E-state index contributed by atoms with van der Waals surface area (Å²) in [5, 5.41) is 0. The Labute approximate surface area is 242 Å². The molecule has 0 N–H and O–H groups in total. The third kappa shape index (κ3) is 12.2. The van der Waals surface area contributed by atoms with Crippen LogP contribution in [-0.2, 0) is 62.6 Å². The molecule has 3 aromatic carbocycles. The third-order valence-corrected chi connectivity index (χ3v) is 6.96. The second-order valence-corrected chi connectivity index (χ2v) is 12.6. The molecule has 0 aliphatic carbocycles. The van der Waals surface area contributed by atoms with Crippen LogP contribution in [0.25, 0.3) is 0 Å². The van der Waals surface area contributed by atoms with Crippen molar-refractivity contribution in [3.05, 3.63) is 120 Å². The van der Waals surface area contributed by atoms with Gasteiger partial charge in [-0.15, -0.1) is 6.58 Å². The molecule has 4 atom stereocenters. The largest absolute Gasteiger partial charge is 0.374 e. The van der Waals surface area contributed by atoms with Crippen LogP contribution in [0, 0.1) is 0 Å². The molecular weight excluding hydrogens is 568 g/mol. The molecule has 0 amide bonds. The maximum absolute atomic E-state index is 12.4. The van der Waals surface area contributed by atoms with Crippen LogP contribution in [0.5, 0.6) is 0 Å². The van der Waals surface area contributed by atoms with Gasteiger partial charge in [-0.2, -0.15) is 16.8 Å². The predicted octanol–water partition coefficient (Wildman–Crippen LogP) is 4.25. The minimum Gasteiger partial charge on any atom is -0.374 e. The summed E-state index contributed by atoms with van der Waals surface area (Å²) in [6.45, 7) is 3.80. The van der Waals surface area contributed by atoms with E-state index in [9.17, 15) is 16.8 Å². The molecule has 0 saturated carbocycles. The van der Waals surface area contributed by atoms with Crippen molar-refractivity contribution in [2.75, 3.05) is 19.1 Å². The van der Waals surface area contributed by atoms with Gasteiger partial charge in [0.25, 0.3) is 20.2 Å². The summed E-state index contributed by atoms with van der Waals surface area (Å²) in [6.07, 6.45) is -1.71. The van der Waals surface area contributed by atoms with Gasteiger partial charge in [0.05, 0.1) is 38.9 Å². The standard InChI is InChI=1S/C30H36O9S2/c1-4-27(38-40(2,31)32)29(36-21-25-16-10-6-11-17-25)30(37-22-26-18-12-7-13-19-26)28(39-41(3,33)34)23-35-20-24-14-8-5-9-15-24/h4-19,27-30H,1,20-23H2,2-3H3/t27-,28-,29+,30+/m0/s1. The van der Waals surface area contributed by atoms with Gasteiger partial charge in [0.15, 0.2) is 0 Å². The maximum Gasteiger partial charge on any atom is 0.265 e. The van der Waals surface area contributed by atoms with Gasteiger partial charge in [0, 0.05) is 0 Å². The van der Waals surface area contributed by atoms with Crippen molar-refractivity contribution in [1.29, 1.82) is 0 Å². The van der Waals surface area contributed by atoms with Gasteiger partial charge >= 0.3 is 0 Å². The predicted molar refractivity (Wildman–Crippen MR) is 156 cm³/mol. The maximum atomic E-state index is 12.4. The Hall–Kier alpha value is -2.90. The highest BCUT2D eigenvalue weighted by Gasteiger charge is 2.40. The Morgan fingerprint density at radius 2 is 1.05 bits per heavy atom.